The van der Waals surface area contributed by atoms with Gasteiger partial charge in [0.05, 0.1) is 17.1 Å². The van der Waals surface area contributed by atoms with E-state index in [0.29, 0.717) is 24.2 Å². The van der Waals surface area contributed by atoms with Crippen LogP contribution in [0, 0.1) is 52.3 Å². The molecule has 0 N–H and O–H groups in total. The first-order valence-electron chi connectivity index (χ1n) is 17.1. The molecule has 1 aliphatic heterocycles. The molecule has 1 heterocycles. The van der Waals surface area contributed by atoms with E-state index in [2.05, 4.69) is 57.2 Å². The molecule has 242 valence electrons. The molecule has 0 radical (unpaired) electrons. The van der Waals surface area contributed by atoms with Gasteiger partial charge in [0.25, 0.3) is 0 Å². The normalized spacial score (nSPS) is 39.3. The number of hydrogen-bond acceptors (Lipinski definition) is 5. The number of benzene rings is 1. The van der Waals surface area contributed by atoms with Crippen molar-refractivity contribution in [3.8, 4) is 0 Å². The van der Waals surface area contributed by atoms with Crippen LogP contribution in [0.15, 0.2) is 35.2 Å². The van der Waals surface area contributed by atoms with Crippen LogP contribution < -0.4 is 0 Å². The van der Waals surface area contributed by atoms with Crippen LogP contribution in [0.2, 0.25) is 0 Å². The molecule has 4 aliphatic rings. The van der Waals surface area contributed by atoms with Gasteiger partial charge in [0.15, 0.2) is 9.84 Å². The highest BCUT2D eigenvalue weighted by atomic mass is 127. The standard InChI is InChI=1S/C36H55IO5S/c1-24(2)10-9-11-25(3)31-16-17-32-30-15-14-26-20-34(38)42-41-28(23-43(39,40)29-12-7-6-8-13-29)21-27(37)22-36(26,5)33(30)18-19-35(31,32)4/h6-8,12-13,24-28,30-33H,9-11,14-23H2,1-5H3/t25-,26+,27+,28-,30+,31-,32+,33+,35-,36+/m1/s1. The van der Waals surface area contributed by atoms with Crippen molar-refractivity contribution in [2.75, 3.05) is 5.75 Å². The molecule has 3 aliphatic carbocycles. The number of alkyl halides is 1. The topological polar surface area (TPSA) is 69.7 Å². The molecule has 1 saturated heterocycles. The SMILES string of the molecule is CC(C)CCC[C@@H](C)[C@H]1CC[C@H]2[C@@H]3CC[C@H]4CC(=O)OO[C@@H](CS(=O)(=O)c5ccccc5)C[C@H](I)C[C@]4(C)[C@H]3CC[C@]12C. The summed E-state index contributed by atoms with van der Waals surface area (Å²) in [6.07, 6.45) is 12.9. The van der Waals surface area contributed by atoms with Crippen molar-refractivity contribution in [3.05, 3.63) is 30.3 Å². The predicted octanol–water partition coefficient (Wildman–Crippen LogP) is 9.23. The van der Waals surface area contributed by atoms with Crippen LogP contribution in [0.5, 0.6) is 0 Å². The quantitative estimate of drug-likeness (QED) is 0.152. The van der Waals surface area contributed by atoms with Crippen LogP contribution in [0.4, 0.5) is 0 Å². The van der Waals surface area contributed by atoms with Gasteiger partial charge in [0.1, 0.15) is 6.10 Å². The van der Waals surface area contributed by atoms with Crippen molar-refractivity contribution < 1.29 is 23.0 Å². The molecular formula is C36H55IO5S. The van der Waals surface area contributed by atoms with Gasteiger partial charge >= 0.3 is 5.97 Å². The van der Waals surface area contributed by atoms with E-state index in [1.807, 2.05) is 6.07 Å². The van der Waals surface area contributed by atoms with Gasteiger partial charge in [0, 0.05) is 3.92 Å². The second-order valence-electron chi connectivity index (χ2n) is 15.7. The first-order valence-corrected chi connectivity index (χ1v) is 20.0. The van der Waals surface area contributed by atoms with Gasteiger partial charge < -0.3 is 0 Å². The van der Waals surface area contributed by atoms with Crippen molar-refractivity contribution in [2.24, 2.45) is 52.3 Å². The number of halogens is 1. The Morgan fingerprint density at radius 1 is 0.953 bits per heavy atom. The molecule has 4 fully saturated rings. The zero-order chi connectivity index (χ0) is 31.0. The van der Waals surface area contributed by atoms with Gasteiger partial charge in [-0.2, -0.15) is 4.89 Å². The Kier molecular flexibility index (Phi) is 10.6. The van der Waals surface area contributed by atoms with Crippen LogP contribution in [0.3, 0.4) is 0 Å². The maximum absolute atomic E-state index is 13.2. The zero-order valence-corrected chi connectivity index (χ0v) is 30.1. The lowest BCUT2D eigenvalue weighted by atomic mass is 9.45. The number of carbonyl (C=O) groups excluding carboxylic acids is 1. The largest absolute Gasteiger partial charge is 0.342 e. The highest BCUT2D eigenvalue weighted by molar-refractivity contribution is 14.1. The Morgan fingerprint density at radius 3 is 2.40 bits per heavy atom. The molecular weight excluding hydrogens is 671 g/mol. The fourth-order valence-corrected chi connectivity index (χ4v) is 13.5. The predicted molar refractivity (Wildman–Crippen MR) is 180 cm³/mol. The van der Waals surface area contributed by atoms with Gasteiger partial charge in [-0.1, -0.05) is 94.7 Å². The highest BCUT2D eigenvalue weighted by Crippen LogP contribution is 2.68. The second-order valence-corrected chi connectivity index (χ2v) is 19.5. The minimum Gasteiger partial charge on any atom is -0.298 e. The van der Waals surface area contributed by atoms with Gasteiger partial charge in [-0.15, -0.1) is 0 Å². The zero-order valence-electron chi connectivity index (χ0n) is 27.1. The molecule has 0 amide bonds. The molecule has 43 heavy (non-hydrogen) atoms. The minimum atomic E-state index is -3.57. The van der Waals surface area contributed by atoms with Crippen molar-refractivity contribution >= 4 is 38.4 Å². The molecule has 5 rings (SSSR count). The molecule has 10 atom stereocenters. The monoisotopic (exact) mass is 726 g/mol. The van der Waals surface area contributed by atoms with Crippen molar-refractivity contribution in [1.29, 1.82) is 0 Å². The average molecular weight is 727 g/mol. The number of rotatable bonds is 8. The minimum absolute atomic E-state index is 0.0380. The summed E-state index contributed by atoms with van der Waals surface area (Å²) in [4.78, 5) is 24.3. The fourth-order valence-electron chi connectivity index (χ4n) is 10.5. The van der Waals surface area contributed by atoms with Crippen molar-refractivity contribution in [3.63, 3.8) is 0 Å². The van der Waals surface area contributed by atoms with E-state index in [1.54, 1.807) is 24.3 Å². The molecule has 0 bridgehead atoms. The summed E-state index contributed by atoms with van der Waals surface area (Å²) in [5.74, 6) is 4.27. The van der Waals surface area contributed by atoms with Crippen LogP contribution in [0.1, 0.15) is 112 Å². The Hall–Kier alpha value is -0.670. The summed E-state index contributed by atoms with van der Waals surface area (Å²) in [6.45, 7) is 12.3. The van der Waals surface area contributed by atoms with E-state index in [4.69, 9.17) is 9.78 Å². The van der Waals surface area contributed by atoms with Crippen molar-refractivity contribution in [1.82, 2.24) is 0 Å². The fraction of sp³-hybridized carbons (Fsp3) is 0.806. The van der Waals surface area contributed by atoms with Crippen molar-refractivity contribution in [2.45, 2.75) is 127 Å². The smallest absolute Gasteiger partial charge is 0.298 e. The summed E-state index contributed by atoms with van der Waals surface area (Å²) >= 11 is 2.53. The van der Waals surface area contributed by atoms with Crippen LogP contribution in [-0.2, 0) is 24.4 Å². The molecule has 1 aromatic rings. The molecule has 0 spiro atoms. The third kappa shape index (κ3) is 7.18. The van der Waals surface area contributed by atoms with E-state index >= 15 is 0 Å². The third-order valence-electron chi connectivity index (χ3n) is 12.6. The number of carbonyl (C=O) groups is 1. The molecule has 7 heteroatoms. The molecule has 1 aromatic carbocycles. The first-order chi connectivity index (χ1) is 20.3. The first kappa shape index (κ1) is 33.7. The Morgan fingerprint density at radius 2 is 1.67 bits per heavy atom. The molecule has 0 aromatic heterocycles. The lowest BCUT2D eigenvalue weighted by Gasteiger charge is -2.60. The van der Waals surface area contributed by atoms with Gasteiger partial charge in [-0.05, 0) is 116 Å². The lowest BCUT2D eigenvalue weighted by molar-refractivity contribution is -0.297. The summed E-state index contributed by atoms with van der Waals surface area (Å²) < 4.78 is 26.6. The third-order valence-corrected chi connectivity index (χ3v) is 15.4. The maximum Gasteiger partial charge on any atom is 0.342 e. The van der Waals surface area contributed by atoms with Crippen LogP contribution in [-0.4, -0.2) is 30.2 Å². The summed E-state index contributed by atoms with van der Waals surface area (Å²) in [5, 5.41) is 0. The Labute approximate surface area is 275 Å². The summed E-state index contributed by atoms with van der Waals surface area (Å²) in [6, 6.07) is 8.52. The van der Waals surface area contributed by atoms with E-state index in [0.717, 1.165) is 42.4 Å². The lowest BCUT2D eigenvalue weighted by Crippen LogP contribution is -2.53. The Bertz CT molecular complexity index is 1200. The van der Waals surface area contributed by atoms with E-state index in [-0.39, 0.29) is 31.9 Å². The van der Waals surface area contributed by atoms with Gasteiger partial charge in [0.2, 0.25) is 0 Å². The van der Waals surface area contributed by atoms with E-state index in [9.17, 15) is 13.2 Å². The Balaban J connectivity index is 1.32. The molecule has 3 saturated carbocycles. The summed E-state index contributed by atoms with van der Waals surface area (Å²) in [7, 11) is -3.57. The van der Waals surface area contributed by atoms with Gasteiger partial charge in [-0.3, -0.25) is 4.89 Å². The van der Waals surface area contributed by atoms with Gasteiger partial charge in [-0.25, -0.2) is 13.2 Å². The summed E-state index contributed by atoms with van der Waals surface area (Å²) in [5.41, 5.74) is 0.473. The number of hydrogen-bond donors (Lipinski definition) is 0. The second kappa shape index (κ2) is 13.6. The maximum atomic E-state index is 13.2. The number of fused-ring (bicyclic) bond motifs is 5. The van der Waals surface area contributed by atoms with Crippen LogP contribution >= 0.6 is 22.6 Å². The number of sulfone groups is 1. The van der Waals surface area contributed by atoms with Crippen LogP contribution in [0.25, 0.3) is 0 Å². The average Bonchev–Trinajstić information content (AvgIpc) is 3.30. The molecule has 5 nitrogen and oxygen atoms in total. The van der Waals surface area contributed by atoms with E-state index < -0.39 is 15.9 Å². The van der Waals surface area contributed by atoms with E-state index in [1.165, 1.54) is 51.4 Å². The molecule has 0 unspecified atom stereocenters. The highest BCUT2D eigenvalue weighted by Gasteiger charge is 2.60.